The van der Waals surface area contributed by atoms with Crippen molar-refractivity contribution in [2.45, 2.75) is 6.61 Å². The first-order valence-corrected chi connectivity index (χ1v) is 7.84. The van der Waals surface area contributed by atoms with Crippen molar-refractivity contribution in [2.24, 2.45) is 0 Å². The molecule has 0 saturated carbocycles. The Hall–Kier alpha value is -2.50. The van der Waals surface area contributed by atoms with Crippen LogP contribution in [0.1, 0.15) is 16.1 Å². The van der Waals surface area contributed by atoms with Crippen LogP contribution in [0.4, 0.5) is 0 Å². The SMILES string of the molecule is O=C(O)c1nn(-c2ccccc2Cl)c2c1COc1cc(Cl)ccc1-2. The molecule has 0 spiro atoms. The zero-order chi connectivity index (χ0) is 16.8. The van der Waals surface area contributed by atoms with Gasteiger partial charge in [0.05, 0.1) is 22.0 Å². The minimum atomic E-state index is -1.11. The highest BCUT2D eigenvalue weighted by atomic mass is 35.5. The molecule has 0 atom stereocenters. The second-order valence-electron chi connectivity index (χ2n) is 5.27. The average molecular weight is 361 g/mol. The van der Waals surface area contributed by atoms with Gasteiger partial charge in [-0.3, -0.25) is 0 Å². The van der Waals surface area contributed by atoms with Crippen molar-refractivity contribution >= 4 is 29.2 Å². The number of ether oxygens (including phenoxy) is 1. The van der Waals surface area contributed by atoms with Gasteiger partial charge in [-0.25, -0.2) is 9.48 Å². The molecule has 3 aromatic rings. The van der Waals surface area contributed by atoms with Gasteiger partial charge in [0.2, 0.25) is 0 Å². The molecule has 0 unspecified atom stereocenters. The van der Waals surface area contributed by atoms with Gasteiger partial charge in [0.1, 0.15) is 12.4 Å². The van der Waals surface area contributed by atoms with E-state index in [2.05, 4.69) is 5.10 Å². The van der Waals surface area contributed by atoms with Crippen LogP contribution in [0.25, 0.3) is 16.9 Å². The fourth-order valence-corrected chi connectivity index (χ4v) is 3.17. The molecule has 1 N–H and O–H groups in total. The van der Waals surface area contributed by atoms with Gasteiger partial charge in [0.25, 0.3) is 0 Å². The number of aromatic carboxylic acids is 1. The molecule has 0 amide bonds. The molecule has 1 aromatic heterocycles. The van der Waals surface area contributed by atoms with Crippen molar-refractivity contribution in [1.29, 1.82) is 0 Å². The first-order chi connectivity index (χ1) is 11.6. The quantitative estimate of drug-likeness (QED) is 0.733. The predicted molar refractivity (Wildman–Crippen MR) is 90.3 cm³/mol. The molecule has 120 valence electrons. The fourth-order valence-electron chi connectivity index (χ4n) is 2.79. The van der Waals surface area contributed by atoms with E-state index in [4.69, 9.17) is 27.9 Å². The van der Waals surface area contributed by atoms with Gasteiger partial charge in [0, 0.05) is 10.6 Å². The van der Waals surface area contributed by atoms with Crippen molar-refractivity contribution in [3.05, 3.63) is 63.8 Å². The normalized spacial score (nSPS) is 12.2. The standard InChI is InChI=1S/C17H10Cl2N2O3/c18-9-5-6-10-14(7-9)24-8-11-15(17(22)23)20-21(16(10)11)13-4-2-1-3-12(13)19/h1-7H,8H2,(H,22,23). The number of carbonyl (C=O) groups is 1. The number of nitrogens with zero attached hydrogens (tertiary/aromatic N) is 2. The lowest BCUT2D eigenvalue weighted by Gasteiger charge is -2.20. The van der Waals surface area contributed by atoms with Crippen LogP contribution in [0.15, 0.2) is 42.5 Å². The number of para-hydroxylation sites is 1. The number of carboxylic acid groups (broad SMARTS) is 1. The van der Waals surface area contributed by atoms with Crippen molar-refractivity contribution in [1.82, 2.24) is 9.78 Å². The molecule has 2 aromatic carbocycles. The number of fused-ring (bicyclic) bond motifs is 3. The van der Waals surface area contributed by atoms with E-state index >= 15 is 0 Å². The lowest BCUT2D eigenvalue weighted by Crippen LogP contribution is -2.09. The first-order valence-electron chi connectivity index (χ1n) is 7.09. The largest absolute Gasteiger partial charge is 0.488 e. The summed E-state index contributed by atoms with van der Waals surface area (Å²) in [6.07, 6.45) is 0. The third kappa shape index (κ3) is 2.25. The summed E-state index contributed by atoms with van der Waals surface area (Å²) in [4.78, 5) is 11.6. The molecule has 5 nitrogen and oxygen atoms in total. The molecule has 0 radical (unpaired) electrons. The maximum absolute atomic E-state index is 11.6. The van der Waals surface area contributed by atoms with Crippen LogP contribution in [0, 0.1) is 0 Å². The summed E-state index contributed by atoms with van der Waals surface area (Å²) in [6.45, 7) is 0.106. The molecule has 2 heterocycles. The van der Waals surface area contributed by atoms with E-state index in [9.17, 15) is 9.90 Å². The summed E-state index contributed by atoms with van der Waals surface area (Å²) in [6, 6.07) is 12.3. The number of hydrogen-bond acceptors (Lipinski definition) is 3. The maximum Gasteiger partial charge on any atom is 0.356 e. The zero-order valence-corrected chi connectivity index (χ0v) is 13.7. The van der Waals surface area contributed by atoms with Crippen molar-refractivity contribution in [2.75, 3.05) is 0 Å². The van der Waals surface area contributed by atoms with Gasteiger partial charge in [-0.15, -0.1) is 0 Å². The second kappa shape index (κ2) is 5.54. The fraction of sp³-hybridized carbons (Fsp3) is 0.0588. The highest BCUT2D eigenvalue weighted by Crippen LogP contribution is 2.41. The minimum Gasteiger partial charge on any atom is -0.488 e. The van der Waals surface area contributed by atoms with Gasteiger partial charge in [-0.1, -0.05) is 35.3 Å². The lowest BCUT2D eigenvalue weighted by molar-refractivity contribution is 0.0687. The molecule has 24 heavy (non-hydrogen) atoms. The summed E-state index contributed by atoms with van der Waals surface area (Å²) >= 11 is 12.3. The van der Waals surface area contributed by atoms with E-state index in [1.807, 2.05) is 6.07 Å². The molecule has 0 saturated heterocycles. The van der Waals surface area contributed by atoms with Crippen LogP contribution in [-0.2, 0) is 6.61 Å². The number of rotatable bonds is 2. The highest BCUT2D eigenvalue weighted by Gasteiger charge is 2.30. The topological polar surface area (TPSA) is 64.3 Å². The smallest absolute Gasteiger partial charge is 0.356 e. The zero-order valence-electron chi connectivity index (χ0n) is 12.2. The minimum absolute atomic E-state index is 0.0504. The van der Waals surface area contributed by atoms with E-state index in [0.29, 0.717) is 32.7 Å². The summed E-state index contributed by atoms with van der Waals surface area (Å²) in [7, 11) is 0. The van der Waals surface area contributed by atoms with E-state index < -0.39 is 5.97 Å². The summed E-state index contributed by atoms with van der Waals surface area (Å²) in [5.74, 6) is -0.529. The molecule has 0 aliphatic carbocycles. The molecule has 7 heteroatoms. The number of hydrogen-bond donors (Lipinski definition) is 1. The number of carboxylic acids is 1. The molecule has 1 aliphatic rings. The molecule has 0 fully saturated rings. The Bertz CT molecular complexity index is 982. The third-order valence-electron chi connectivity index (χ3n) is 3.84. The van der Waals surface area contributed by atoms with Crippen LogP contribution < -0.4 is 4.74 Å². The van der Waals surface area contributed by atoms with Gasteiger partial charge in [-0.05, 0) is 30.3 Å². The van der Waals surface area contributed by atoms with Crippen LogP contribution in [0.2, 0.25) is 10.0 Å². The van der Waals surface area contributed by atoms with Crippen LogP contribution in [0.3, 0.4) is 0 Å². The maximum atomic E-state index is 11.6. The van der Waals surface area contributed by atoms with Crippen molar-refractivity contribution in [3.63, 3.8) is 0 Å². The van der Waals surface area contributed by atoms with E-state index in [-0.39, 0.29) is 12.3 Å². The summed E-state index contributed by atoms with van der Waals surface area (Å²) < 4.78 is 7.22. The van der Waals surface area contributed by atoms with Gasteiger partial charge >= 0.3 is 5.97 Å². The van der Waals surface area contributed by atoms with Crippen molar-refractivity contribution in [3.8, 4) is 22.7 Å². The molecule has 0 bridgehead atoms. The van der Waals surface area contributed by atoms with E-state index in [1.165, 1.54) is 0 Å². The Balaban J connectivity index is 2.05. The van der Waals surface area contributed by atoms with Crippen LogP contribution in [0.5, 0.6) is 5.75 Å². The van der Waals surface area contributed by atoms with Gasteiger partial charge < -0.3 is 9.84 Å². The number of benzene rings is 2. The van der Waals surface area contributed by atoms with Crippen LogP contribution >= 0.6 is 23.2 Å². The molecular weight excluding hydrogens is 351 g/mol. The van der Waals surface area contributed by atoms with E-state index in [1.54, 1.807) is 41.1 Å². The summed E-state index contributed by atoms with van der Waals surface area (Å²) in [5, 5.41) is 14.8. The number of aromatic nitrogens is 2. The second-order valence-corrected chi connectivity index (χ2v) is 6.12. The Morgan fingerprint density at radius 3 is 2.75 bits per heavy atom. The van der Waals surface area contributed by atoms with Gasteiger partial charge in [0.15, 0.2) is 5.69 Å². The third-order valence-corrected chi connectivity index (χ3v) is 4.39. The predicted octanol–water partition coefficient (Wildman–Crippen LogP) is 4.44. The van der Waals surface area contributed by atoms with Crippen molar-refractivity contribution < 1.29 is 14.6 Å². The highest BCUT2D eigenvalue weighted by molar-refractivity contribution is 6.32. The van der Waals surface area contributed by atoms with Crippen LogP contribution in [-0.4, -0.2) is 20.9 Å². The monoisotopic (exact) mass is 360 g/mol. The molecule has 1 aliphatic heterocycles. The Morgan fingerprint density at radius 1 is 1.21 bits per heavy atom. The molecule has 4 rings (SSSR count). The molecular formula is C17H10Cl2N2O3. The summed E-state index contributed by atoms with van der Waals surface area (Å²) in [5.41, 5.74) is 2.44. The Morgan fingerprint density at radius 2 is 2.00 bits per heavy atom. The Kier molecular flexibility index (Phi) is 3.48. The van der Waals surface area contributed by atoms with E-state index in [0.717, 1.165) is 5.56 Å². The number of halogens is 2. The lowest BCUT2D eigenvalue weighted by atomic mass is 10.0. The Labute approximate surface area is 147 Å². The first kappa shape index (κ1) is 15.1. The van der Waals surface area contributed by atoms with Gasteiger partial charge in [-0.2, -0.15) is 5.10 Å². The average Bonchev–Trinajstić information content (AvgIpc) is 2.95.